The summed E-state index contributed by atoms with van der Waals surface area (Å²) in [5, 5.41) is 4.42. The van der Waals surface area contributed by atoms with Gasteiger partial charge in [0.05, 0.1) is 12.6 Å². The van der Waals surface area contributed by atoms with Crippen LogP contribution in [0.5, 0.6) is 5.75 Å². The molecule has 0 saturated heterocycles. The van der Waals surface area contributed by atoms with Crippen LogP contribution in [-0.2, 0) is 0 Å². The van der Waals surface area contributed by atoms with Gasteiger partial charge in [-0.15, -0.1) is 0 Å². The van der Waals surface area contributed by atoms with Crippen LogP contribution in [0.3, 0.4) is 0 Å². The monoisotopic (exact) mass is 204 g/mol. The number of anilines is 1. The lowest BCUT2D eigenvalue weighted by Crippen LogP contribution is -1.91. The summed E-state index contributed by atoms with van der Waals surface area (Å²) in [6, 6.07) is 4.02. The number of ether oxygens (including phenoxy) is 1. The first-order valence-corrected chi connectivity index (χ1v) is 5.02. The first-order chi connectivity index (χ1) is 7.19. The molecular weight excluding hydrogens is 188 g/mol. The van der Waals surface area contributed by atoms with Crippen LogP contribution < -0.4 is 10.1 Å². The fraction of sp³-hybridized carbons (Fsp3) is 0.333. The van der Waals surface area contributed by atoms with Crippen molar-refractivity contribution < 1.29 is 4.74 Å². The van der Waals surface area contributed by atoms with Crippen molar-refractivity contribution >= 4 is 16.6 Å². The van der Waals surface area contributed by atoms with Crippen LogP contribution in [-0.4, -0.2) is 19.1 Å². The lowest BCUT2D eigenvalue weighted by Gasteiger charge is -2.07. The van der Waals surface area contributed by atoms with Gasteiger partial charge in [-0.1, -0.05) is 0 Å². The van der Waals surface area contributed by atoms with Crippen LogP contribution in [0.25, 0.3) is 10.9 Å². The summed E-state index contributed by atoms with van der Waals surface area (Å²) in [7, 11) is 3.63. The van der Waals surface area contributed by atoms with Crippen molar-refractivity contribution in [2.24, 2.45) is 0 Å². The second-order valence-electron chi connectivity index (χ2n) is 3.69. The van der Waals surface area contributed by atoms with E-state index in [1.54, 1.807) is 7.11 Å². The smallest absolute Gasteiger partial charge is 0.143 e. The molecule has 0 spiro atoms. The lowest BCUT2D eigenvalue weighted by atomic mass is 10.1. The Balaban J connectivity index is 2.86. The summed E-state index contributed by atoms with van der Waals surface area (Å²) in [5.41, 5.74) is 4.66. The van der Waals surface area contributed by atoms with Gasteiger partial charge in [-0.05, 0) is 31.5 Å². The van der Waals surface area contributed by atoms with Gasteiger partial charge >= 0.3 is 0 Å². The number of aromatic nitrogens is 1. The molecule has 80 valence electrons. The molecule has 0 radical (unpaired) electrons. The molecular formula is C12H16N2O. The predicted octanol–water partition coefficient (Wildman–Crippen LogP) is 2.84. The van der Waals surface area contributed by atoms with Crippen molar-refractivity contribution in [3.05, 3.63) is 23.4 Å². The molecule has 0 aliphatic heterocycles. The van der Waals surface area contributed by atoms with E-state index in [4.69, 9.17) is 4.74 Å². The van der Waals surface area contributed by atoms with E-state index in [1.165, 1.54) is 16.6 Å². The highest BCUT2D eigenvalue weighted by Crippen LogP contribution is 2.34. The highest BCUT2D eigenvalue weighted by molar-refractivity contribution is 5.99. The fourth-order valence-corrected chi connectivity index (χ4v) is 1.94. The minimum atomic E-state index is 0.889. The Kier molecular flexibility index (Phi) is 2.31. The molecule has 1 aromatic carbocycles. The number of rotatable bonds is 2. The molecule has 0 amide bonds. The average Bonchev–Trinajstić information content (AvgIpc) is 2.55. The molecule has 1 heterocycles. The third kappa shape index (κ3) is 1.35. The molecule has 3 heteroatoms. The molecule has 3 nitrogen and oxygen atoms in total. The van der Waals surface area contributed by atoms with Crippen molar-refractivity contribution in [2.45, 2.75) is 13.8 Å². The van der Waals surface area contributed by atoms with E-state index in [9.17, 15) is 0 Å². The van der Waals surface area contributed by atoms with Crippen molar-refractivity contribution in [3.8, 4) is 5.75 Å². The molecule has 1 aromatic heterocycles. The number of hydrogen-bond acceptors (Lipinski definition) is 2. The van der Waals surface area contributed by atoms with E-state index in [1.807, 2.05) is 19.2 Å². The second kappa shape index (κ2) is 3.50. The van der Waals surface area contributed by atoms with Gasteiger partial charge in [-0.25, -0.2) is 0 Å². The fourth-order valence-electron chi connectivity index (χ4n) is 1.94. The number of methoxy groups -OCH3 is 1. The molecule has 15 heavy (non-hydrogen) atoms. The SMILES string of the molecule is CNc1ccc(OC)c2[nH]c(C)c(C)c12. The Hall–Kier alpha value is -1.64. The molecule has 0 fully saturated rings. The normalized spacial score (nSPS) is 10.7. The zero-order valence-electron chi connectivity index (χ0n) is 9.56. The third-order valence-corrected chi connectivity index (χ3v) is 2.91. The van der Waals surface area contributed by atoms with Gasteiger partial charge in [0, 0.05) is 23.8 Å². The standard InChI is InChI=1S/C12H16N2O/c1-7-8(2)14-12-10(15-4)6-5-9(13-3)11(7)12/h5-6,13-14H,1-4H3. The number of H-pyrrole nitrogens is 1. The second-order valence-corrected chi connectivity index (χ2v) is 3.69. The molecule has 2 aromatic rings. The van der Waals surface area contributed by atoms with E-state index < -0.39 is 0 Å². The maximum Gasteiger partial charge on any atom is 0.143 e. The van der Waals surface area contributed by atoms with E-state index in [0.29, 0.717) is 0 Å². The van der Waals surface area contributed by atoms with Crippen molar-refractivity contribution in [2.75, 3.05) is 19.5 Å². The topological polar surface area (TPSA) is 37.0 Å². The number of nitrogens with one attached hydrogen (secondary N) is 2. The van der Waals surface area contributed by atoms with Crippen LogP contribution in [0.2, 0.25) is 0 Å². The van der Waals surface area contributed by atoms with E-state index in [2.05, 4.69) is 24.1 Å². The highest BCUT2D eigenvalue weighted by atomic mass is 16.5. The van der Waals surface area contributed by atoms with Crippen molar-refractivity contribution in [3.63, 3.8) is 0 Å². The van der Waals surface area contributed by atoms with Gasteiger partial charge in [0.25, 0.3) is 0 Å². The minimum Gasteiger partial charge on any atom is -0.495 e. The van der Waals surface area contributed by atoms with Gasteiger partial charge in [0.1, 0.15) is 5.75 Å². The van der Waals surface area contributed by atoms with Gasteiger partial charge in [0.2, 0.25) is 0 Å². The number of benzene rings is 1. The van der Waals surface area contributed by atoms with Crippen LogP contribution in [0.4, 0.5) is 5.69 Å². The predicted molar refractivity (Wildman–Crippen MR) is 63.9 cm³/mol. The summed E-state index contributed by atoms with van der Waals surface area (Å²) in [4.78, 5) is 3.36. The number of hydrogen-bond donors (Lipinski definition) is 2. The number of fused-ring (bicyclic) bond motifs is 1. The number of aromatic amines is 1. The van der Waals surface area contributed by atoms with Crippen LogP contribution in [0, 0.1) is 13.8 Å². The Morgan fingerprint density at radius 1 is 1.27 bits per heavy atom. The summed E-state index contributed by atoms with van der Waals surface area (Å²) in [6.45, 7) is 4.20. The average molecular weight is 204 g/mol. The quantitative estimate of drug-likeness (QED) is 0.789. The Morgan fingerprint density at radius 2 is 2.00 bits per heavy atom. The van der Waals surface area contributed by atoms with Crippen molar-refractivity contribution in [1.29, 1.82) is 0 Å². The molecule has 2 rings (SSSR count). The van der Waals surface area contributed by atoms with Crippen LogP contribution >= 0.6 is 0 Å². The van der Waals surface area contributed by atoms with Gasteiger partial charge in [0.15, 0.2) is 0 Å². The van der Waals surface area contributed by atoms with Crippen LogP contribution in [0.15, 0.2) is 12.1 Å². The zero-order valence-corrected chi connectivity index (χ0v) is 9.56. The third-order valence-electron chi connectivity index (χ3n) is 2.91. The molecule has 2 N–H and O–H groups in total. The molecule has 0 aliphatic carbocycles. The summed E-state index contributed by atoms with van der Waals surface area (Å²) in [5.74, 6) is 0.889. The molecule has 0 unspecified atom stereocenters. The number of aryl methyl sites for hydroxylation is 2. The zero-order chi connectivity index (χ0) is 11.0. The van der Waals surface area contributed by atoms with Crippen molar-refractivity contribution in [1.82, 2.24) is 4.98 Å². The minimum absolute atomic E-state index is 0.889. The first kappa shape index (κ1) is 9.90. The Bertz CT molecular complexity index is 500. The van der Waals surface area contributed by atoms with E-state index in [0.717, 1.165) is 17.0 Å². The maximum absolute atomic E-state index is 5.34. The molecule has 0 atom stereocenters. The van der Waals surface area contributed by atoms with Gasteiger partial charge in [-0.2, -0.15) is 0 Å². The molecule has 0 bridgehead atoms. The first-order valence-electron chi connectivity index (χ1n) is 5.02. The lowest BCUT2D eigenvalue weighted by molar-refractivity contribution is 0.419. The maximum atomic E-state index is 5.34. The molecule has 0 aliphatic rings. The Morgan fingerprint density at radius 3 is 2.60 bits per heavy atom. The van der Waals surface area contributed by atoms with Gasteiger partial charge < -0.3 is 15.0 Å². The summed E-state index contributed by atoms with van der Waals surface area (Å²) in [6.07, 6.45) is 0. The van der Waals surface area contributed by atoms with E-state index in [-0.39, 0.29) is 0 Å². The highest BCUT2D eigenvalue weighted by Gasteiger charge is 2.12. The van der Waals surface area contributed by atoms with E-state index >= 15 is 0 Å². The van der Waals surface area contributed by atoms with Crippen LogP contribution in [0.1, 0.15) is 11.3 Å². The van der Waals surface area contributed by atoms with Gasteiger partial charge in [-0.3, -0.25) is 0 Å². The summed E-state index contributed by atoms with van der Waals surface area (Å²) >= 11 is 0. The largest absolute Gasteiger partial charge is 0.495 e. The molecule has 0 saturated carbocycles. The summed E-state index contributed by atoms with van der Waals surface area (Å²) < 4.78 is 5.34. The Labute approximate surface area is 89.4 Å².